The zero-order chi connectivity index (χ0) is 9.68. The fourth-order valence-electron chi connectivity index (χ4n) is 1.87. The Hall–Kier alpha value is -0.240. The van der Waals surface area contributed by atoms with Gasteiger partial charge in [0.2, 0.25) is 5.91 Å². The first-order chi connectivity index (χ1) is 6.24. The zero-order valence-corrected chi connectivity index (χ0v) is 9.02. The van der Waals surface area contributed by atoms with Crippen LogP contribution in [-0.2, 0) is 4.79 Å². The average Bonchev–Trinajstić information content (AvgIpc) is 2.57. The molecule has 0 aliphatic heterocycles. The summed E-state index contributed by atoms with van der Waals surface area (Å²) in [6.07, 6.45) is 5.81. The van der Waals surface area contributed by atoms with Crippen molar-refractivity contribution < 1.29 is 4.79 Å². The Bertz CT molecular complexity index is 166. The Morgan fingerprint density at radius 1 is 1.46 bits per heavy atom. The zero-order valence-electron chi connectivity index (χ0n) is 8.26. The molecule has 0 atom stereocenters. The molecule has 0 spiro atoms. The van der Waals surface area contributed by atoms with Gasteiger partial charge in [-0.1, -0.05) is 12.8 Å². The van der Waals surface area contributed by atoms with Gasteiger partial charge in [0, 0.05) is 25.9 Å². The molecule has 0 aromatic carbocycles. The van der Waals surface area contributed by atoms with Crippen molar-refractivity contribution in [2.75, 3.05) is 19.5 Å². The molecule has 0 bridgehead atoms. The van der Waals surface area contributed by atoms with Gasteiger partial charge in [0.05, 0.1) is 0 Å². The monoisotopic (exact) mass is 203 g/mol. The molecule has 0 saturated heterocycles. The largest absolute Gasteiger partial charge is 0.345 e. The number of halogens is 1. The summed E-state index contributed by atoms with van der Waals surface area (Å²) in [6.45, 7) is 0.674. The summed E-state index contributed by atoms with van der Waals surface area (Å²) in [6, 6.07) is 0. The van der Waals surface area contributed by atoms with Crippen LogP contribution in [0.15, 0.2) is 0 Å². The van der Waals surface area contributed by atoms with Crippen molar-refractivity contribution in [1.29, 1.82) is 0 Å². The highest BCUT2D eigenvalue weighted by Crippen LogP contribution is 2.27. The minimum Gasteiger partial charge on any atom is -0.345 e. The van der Waals surface area contributed by atoms with Crippen molar-refractivity contribution >= 4 is 17.5 Å². The van der Waals surface area contributed by atoms with E-state index in [0.29, 0.717) is 18.3 Å². The third kappa shape index (κ3) is 3.55. The van der Waals surface area contributed by atoms with Gasteiger partial charge in [-0.3, -0.25) is 4.79 Å². The first kappa shape index (κ1) is 10.8. The number of carbonyl (C=O) groups is 1. The lowest BCUT2D eigenvalue weighted by atomic mass is 10.0. The van der Waals surface area contributed by atoms with E-state index in [9.17, 15) is 4.79 Å². The van der Waals surface area contributed by atoms with Gasteiger partial charge in [0.25, 0.3) is 0 Å². The second-order valence-electron chi connectivity index (χ2n) is 3.86. The summed E-state index contributed by atoms with van der Waals surface area (Å²) in [7, 11) is 1.83. The van der Waals surface area contributed by atoms with E-state index in [1.54, 1.807) is 4.90 Å². The molecule has 1 aliphatic rings. The smallest absolute Gasteiger partial charge is 0.222 e. The van der Waals surface area contributed by atoms with Crippen LogP contribution >= 0.6 is 11.6 Å². The van der Waals surface area contributed by atoms with E-state index in [1.165, 1.54) is 25.7 Å². The summed E-state index contributed by atoms with van der Waals surface area (Å²) < 4.78 is 0. The lowest BCUT2D eigenvalue weighted by Gasteiger charge is -2.17. The van der Waals surface area contributed by atoms with E-state index in [4.69, 9.17) is 11.6 Å². The van der Waals surface area contributed by atoms with Crippen molar-refractivity contribution in [3.8, 4) is 0 Å². The van der Waals surface area contributed by atoms with Crippen molar-refractivity contribution in [1.82, 2.24) is 4.90 Å². The summed E-state index contributed by atoms with van der Waals surface area (Å²) in [5.74, 6) is 1.44. The second kappa shape index (κ2) is 5.48. The van der Waals surface area contributed by atoms with Crippen LogP contribution in [0.25, 0.3) is 0 Å². The minimum absolute atomic E-state index is 0.257. The van der Waals surface area contributed by atoms with Gasteiger partial charge < -0.3 is 4.90 Å². The van der Waals surface area contributed by atoms with Gasteiger partial charge in [0.1, 0.15) is 0 Å². The third-order valence-corrected chi connectivity index (χ3v) is 2.95. The Balaban J connectivity index is 2.22. The number of hydrogen-bond acceptors (Lipinski definition) is 1. The quantitative estimate of drug-likeness (QED) is 0.642. The topological polar surface area (TPSA) is 20.3 Å². The lowest BCUT2D eigenvalue weighted by molar-refractivity contribution is -0.130. The van der Waals surface area contributed by atoms with Gasteiger partial charge >= 0.3 is 0 Å². The van der Waals surface area contributed by atoms with E-state index in [1.807, 2.05) is 7.05 Å². The second-order valence-corrected chi connectivity index (χ2v) is 4.24. The molecule has 3 heteroatoms. The molecule has 0 radical (unpaired) electrons. The lowest BCUT2D eigenvalue weighted by Crippen LogP contribution is -2.29. The Morgan fingerprint density at radius 3 is 2.62 bits per heavy atom. The number of hydrogen-bond donors (Lipinski definition) is 0. The molecule has 1 aliphatic carbocycles. The molecule has 1 rings (SSSR count). The van der Waals surface area contributed by atoms with Crippen LogP contribution in [0.4, 0.5) is 0 Å². The molecule has 1 fully saturated rings. The third-order valence-electron chi connectivity index (χ3n) is 2.78. The van der Waals surface area contributed by atoms with E-state index >= 15 is 0 Å². The summed E-state index contributed by atoms with van der Waals surface area (Å²) in [5.41, 5.74) is 0. The van der Waals surface area contributed by atoms with Crippen LogP contribution < -0.4 is 0 Å². The van der Waals surface area contributed by atoms with E-state index in [0.717, 1.165) is 6.42 Å². The number of amides is 1. The summed E-state index contributed by atoms with van der Waals surface area (Å²) in [4.78, 5) is 13.3. The molecule has 0 unspecified atom stereocenters. The number of carbonyl (C=O) groups excluding carboxylic acids is 1. The van der Waals surface area contributed by atoms with Crippen LogP contribution in [0.1, 0.15) is 32.1 Å². The highest BCUT2D eigenvalue weighted by atomic mass is 35.5. The molecule has 76 valence electrons. The Kier molecular flexibility index (Phi) is 4.57. The maximum atomic E-state index is 11.6. The number of nitrogens with zero attached hydrogens (tertiary/aromatic N) is 1. The maximum absolute atomic E-state index is 11.6. The molecule has 0 N–H and O–H groups in total. The van der Waals surface area contributed by atoms with Crippen LogP contribution in [0, 0.1) is 5.92 Å². The Labute approximate surface area is 85.2 Å². The molecule has 13 heavy (non-hydrogen) atoms. The molecule has 2 nitrogen and oxygen atoms in total. The summed E-state index contributed by atoms with van der Waals surface area (Å²) in [5, 5.41) is 0. The SMILES string of the molecule is CN(CCCl)C(=O)CC1CCCC1. The number of alkyl halides is 1. The van der Waals surface area contributed by atoms with Gasteiger partial charge in [0.15, 0.2) is 0 Å². The first-order valence-electron chi connectivity index (χ1n) is 5.04. The van der Waals surface area contributed by atoms with Crippen LogP contribution in [0.3, 0.4) is 0 Å². The molecular weight excluding hydrogens is 186 g/mol. The molecule has 0 aromatic heterocycles. The number of rotatable bonds is 4. The maximum Gasteiger partial charge on any atom is 0.222 e. The van der Waals surface area contributed by atoms with Crippen molar-refractivity contribution in [3.05, 3.63) is 0 Å². The van der Waals surface area contributed by atoms with E-state index in [-0.39, 0.29) is 5.91 Å². The highest BCUT2D eigenvalue weighted by molar-refractivity contribution is 6.18. The molecule has 0 heterocycles. The fraction of sp³-hybridized carbons (Fsp3) is 0.900. The van der Waals surface area contributed by atoms with Crippen molar-refractivity contribution in [2.45, 2.75) is 32.1 Å². The van der Waals surface area contributed by atoms with E-state index < -0.39 is 0 Å². The van der Waals surface area contributed by atoms with Gasteiger partial charge in [-0.15, -0.1) is 11.6 Å². The van der Waals surface area contributed by atoms with Gasteiger partial charge in [-0.2, -0.15) is 0 Å². The average molecular weight is 204 g/mol. The predicted octanol–water partition coefficient (Wildman–Crippen LogP) is 2.26. The van der Waals surface area contributed by atoms with Crippen molar-refractivity contribution in [2.24, 2.45) is 5.92 Å². The molecule has 1 saturated carbocycles. The van der Waals surface area contributed by atoms with Crippen LogP contribution in [0.2, 0.25) is 0 Å². The minimum atomic E-state index is 0.257. The van der Waals surface area contributed by atoms with Crippen LogP contribution in [-0.4, -0.2) is 30.3 Å². The van der Waals surface area contributed by atoms with Gasteiger partial charge in [-0.05, 0) is 18.8 Å². The van der Waals surface area contributed by atoms with Crippen LogP contribution in [0.5, 0.6) is 0 Å². The predicted molar refractivity (Wildman–Crippen MR) is 54.9 cm³/mol. The van der Waals surface area contributed by atoms with E-state index in [2.05, 4.69) is 0 Å². The molecule has 0 aromatic rings. The Morgan fingerprint density at radius 2 is 2.08 bits per heavy atom. The molecular formula is C10H18ClNO. The summed E-state index contributed by atoms with van der Waals surface area (Å²) >= 11 is 5.56. The molecule has 1 amide bonds. The normalized spacial score (nSPS) is 17.7. The highest BCUT2D eigenvalue weighted by Gasteiger charge is 2.19. The van der Waals surface area contributed by atoms with Gasteiger partial charge in [-0.25, -0.2) is 0 Å². The standard InChI is InChI=1S/C10H18ClNO/c1-12(7-6-11)10(13)8-9-4-2-3-5-9/h9H,2-8H2,1H3. The van der Waals surface area contributed by atoms with Crippen molar-refractivity contribution in [3.63, 3.8) is 0 Å². The first-order valence-corrected chi connectivity index (χ1v) is 5.57. The fourth-order valence-corrected chi connectivity index (χ4v) is 2.12.